The van der Waals surface area contributed by atoms with Crippen molar-refractivity contribution in [2.24, 2.45) is 5.92 Å². The predicted octanol–water partition coefficient (Wildman–Crippen LogP) is 3.84. The quantitative estimate of drug-likeness (QED) is 0.622. The molecule has 0 N–H and O–H groups in total. The highest BCUT2D eigenvalue weighted by molar-refractivity contribution is 7.99. The molecular formula is C22H28N2O3S2. The van der Waals surface area contributed by atoms with Crippen molar-refractivity contribution in [2.45, 2.75) is 48.3 Å². The van der Waals surface area contributed by atoms with Crippen molar-refractivity contribution in [2.75, 3.05) is 18.8 Å². The van der Waals surface area contributed by atoms with E-state index in [4.69, 9.17) is 0 Å². The van der Waals surface area contributed by atoms with Crippen LogP contribution in [0.25, 0.3) is 0 Å². The van der Waals surface area contributed by atoms with Crippen molar-refractivity contribution in [3.8, 4) is 0 Å². The minimum absolute atomic E-state index is 0.111. The smallest absolute Gasteiger partial charge is 0.226 e. The Morgan fingerprint density at radius 2 is 1.83 bits per heavy atom. The Morgan fingerprint density at radius 1 is 1.14 bits per heavy atom. The highest BCUT2D eigenvalue weighted by Gasteiger charge is 2.23. The van der Waals surface area contributed by atoms with E-state index in [1.165, 1.54) is 0 Å². The molecule has 0 saturated carbocycles. The number of aromatic nitrogens is 1. The number of likely N-dealkylation sites (tertiary alicyclic amines) is 1. The molecule has 2 heterocycles. The van der Waals surface area contributed by atoms with Gasteiger partial charge in [0.15, 0.2) is 9.84 Å². The molecule has 0 spiro atoms. The first kappa shape index (κ1) is 21.8. The number of hydrogen-bond acceptors (Lipinski definition) is 5. The Hall–Kier alpha value is -1.86. The van der Waals surface area contributed by atoms with Gasteiger partial charge in [0, 0.05) is 25.0 Å². The molecule has 1 aliphatic heterocycles. The second-order valence-electron chi connectivity index (χ2n) is 7.72. The van der Waals surface area contributed by atoms with Gasteiger partial charge in [-0.3, -0.25) is 4.79 Å². The normalized spacial score (nSPS) is 15.6. The van der Waals surface area contributed by atoms with Gasteiger partial charge in [-0.2, -0.15) is 0 Å². The van der Waals surface area contributed by atoms with E-state index in [0.717, 1.165) is 42.3 Å². The average Bonchev–Trinajstić information content (AvgIpc) is 2.73. The Labute approximate surface area is 177 Å². The Kier molecular flexibility index (Phi) is 7.35. The summed E-state index contributed by atoms with van der Waals surface area (Å²) in [5.74, 6) is 1.75. The van der Waals surface area contributed by atoms with Gasteiger partial charge >= 0.3 is 0 Å². The molecule has 1 amide bonds. The van der Waals surface area contributed by atoms with Crippen molar-refractivity contribution in [1.29, 1.82) is 0 Å². The second kappa shape index (κ2) is 9.76. The van der Waals surface area contributed by atoms with Crippen molar-refractivity contribution in [3.05, 3.63) is 54.2 Å². The van der Waals surface area contributed by atoms with E-state index in [-0.39, 0.29) is 5.91 Å². The van der Waals surface area contributed by atoms with Gasteiger partial charge in [-0.1, -0.05) is 18.2 Å². The highest BCUT2D eigenvalue weighted by Crippen LogP contribution is 2.25. The molecule has 0 radical (unpaired) electrons. The standard InChI is InChI=1S/C22H28N2O3S2/c1-17(2)29(26,27)20-8-6-18(7-9-20)15-22(25)24-13-10-19(11-14-24)16-28-21-5-3-4-12-23-21/h3-9,12,17,19H,10-11,13-16H2,1-2H3. The van der Waals surface area contributed by atoms with Gasteiger partial charge in [0.2, 0.25) is 5.91 Å². The molecule has 2 aromatic rings. The third-order valence-corrected chi connectivity index (χ3v) is 8.65. The fourth-order valence-corrected chi connectivity index (χ4v) is 5.45. The molecule has 1 aromatic carbocycles. The van der Waals surface area contributed by atoms with E-state index in [1.54, 1.807) is 49.9 Å². The lowest BCUT2D eigenvalue weighted by molar-refractivity contribution is -0.131. The van der Waals surface area contributed by atoms with Gasteiger partial charge in [0.05, 0.1) is 21.6 Å². The van der Waals surface area contributed by atoms with E-state index >= 15 is 0 Å². The zero-order valence-electron chi connectivity index (χ0n) is 17.0. The van der Waals surface area contributed by atoms with Crippen LogP contribution in [0.2, 0.25) is 0 Å². The van der Waals surface area contributed by atoms with Gasteiger partial charge in [-0.15, -0.1) is 11.8 Å². The molecule has 0 aliphatic carbocycles. The number of benzene rings is 1. The third kappa shape index (κ3) is 5.82. The molecule has 0 unspecified atom stereocenters. The molecule has 3 rings (SSSR count). The molecule has 1 saturated heterocycles. The number of sulfone groups is 1. The van der Waals surface area contributed by atoms with Crippen LogP contribution in [0.5, 0.6) is 0 Å². The molecular weight excluding hydrogens is 404 g/mol. The van der Waals surface area contributed by atoms with E-state index < -0.39 is 15.1 Å². The minimum Gasteiger partial charge on any atom is -0.342 e. The van der Waals surface area contributed by atoms with E-state index in [1.807, 2.05) is 29.3 Å². The lowest BCUT2D eigenvalue weighted by atomic mass is 9.98. The fourth-order valence-electron chi connectivity index (χ4n) is 3.34. The second-order valence-corrected chi connectivity index (χ2v) is 11.3. The molecule has 7 heteroatoms. The molecule has 0 atom stereocenters. The van der Waals surface area contributed by atoms with Gasteiger partial charge < -0.3 is 4.90 Å². The number of pyridine rings is 1. The Morgan fingerprint density at radius 3 is 2.41 bits per heavy atom. The lowest BCUT2D eigenvalue weighted by Gasteiger charge is -2.32. The SMILES string of the molecule is CC(C)S(=O)(=O)c1ccc(CC(=O)N2CCC(CSc3ccccn3)CC2)cc1. The minimum atomic E-state index is -3.28. The predicted molar refractivity (Wildman–Crippen MR) is 117 cm³/mol. The van der Waals surface area contributed by atoms with Crippen LogP contribution in [0.1, 0.15) is 32.3 Å². The summed E-state index contributed by atoms with van der Waals surface area (Å²) in [7, 11) is -3.28. The molecule has 1 aromatic heterocycles. The maximum Gasteiger partial charge on any atom is 0.226 e. The number of hydrogen-bond donors (Lipinski definition) is 0. The van der Waals surface area contributed by atoms with Crippen LogP contribution >= 0.6 is 11.8 Å². The van der Waals surface area contributed by atoms with Crippen molar-refractivity contribution >= 4 is 27.5 Å². The van der Waals surface area contributed by atoms with Gasteiger partial charge in [-0.25, -0.2) is 13.4 Å². The largest absolute Gasteiger partial charge is 0.342 e. The number of amides is 1. The number of rotatable bonds is 7. The number of nitrogens with zero attached hydrogens (tertiary/aromatic N) is 2. The van der Waals surface area contributed by atoms with Crippen LogP contribution in [0.3, 0.4) is 0 Å². The number of thioether (sulfide) groups is 1. The average molecular weight is 433 g/mol. The van der Waals surface area contributed by atoms with Crippen LogP contribution in [0.15, 0.2) is 58.6 Å². The molecule has 0 bridgehead atoms. The monoisotopic (exact) mass is 432 g/mol. The summed E-state index contributed by atoms with van der Waals surface area (Å²) in [5.41, 5.74) is 0.852. The first-order valence-electron chi connectivity index (χ1n) is 10.0. The summed E-state index contributed by atoms with van der Waals surface area (Å²) in [6.45, 7) is 4.91. The Bertz CT molecular complexity index is 905. The topological polar surface area (TPSA) is 67.3 Å². The zero-order chi connectivity index (χ0) is 20.9. The van der Waals surface area contributed by atoms with E-state index in [2.05, 4.69) is 4.98 Å². The van der Waals surface area contributed by atoms with Crippen LogP contribution < -0.4 is 0 Å². The molecule has 29 heavy (non-hydrogen) atoms. The zero-order valence-corrected chi connectivity index (χ0v) is 18.6. The molecule has 1 aliphatic rings. The van der Waals surface area contributed by atoms with Crippen LogP contribution in [0, 0.1) is 5.92 Å². The molecule has 156 valence electrons. The van der Waals surface area contributed by atoms with E-state index in [0.29, 0.717) is 17.2 Å². The van der Waals surface area contributed by atoms with Crippen LogP contribution in [-0.2, 0) is 21.1 Å². The van der Waals surface area contributed by atoms with Gasteiger partial charge in [0.1, 0.15) is 0 Å². The van der Waals surface area contributed by atoms with Crippen molar-refractivity contribution in [3.63, 3.8) is 0 Å². The summed E-state index contributed by atoms with van der Waals surface area (Å²) in [6.07, 6.45) is 4.15. The summed E-state index contributed by atoms with van der Waals surface area (Å²) in [5, 5.41) is 0.598. The lowest BCUT2D eigenvalue weighted by Crippen LogP contribution is -2.39. The summed E-state index contributed by atoms with van der Waals surface area (Å²) < 4.78 is 24.4. The summed E-state index contributed by atoms with van der Waals surface area (Å²) in [4.78, 5) is 19.2. The maximum absolute atomic E-state index is 12.6. The van der Waals surface area contributed by atoms with Crippen LogP contribution in [-0.4, -0.2) is 48.3 Å². The van der Waals surface area contributed by atoms with Crippen molar-refractivity contribution in [1.82, 2.24) is 9.88 Å². The van der Waals surface area contributed by atoms with Gasteiger partial charge in [-0.05, 0) is 62.4 Å². The molecule has 5 nitrogen and oxygen atoms in total. The first-order chi connectivity index (χ1) is 13.9. The van der Waals surface area contributed by atoms with Gasteiger partial charge in [0.25, 0.3) is 0 Å². The van der Waals surface area contributed by atoms with Crippen molar-refractivity contribution < 1.29 is 13.2 Å². The number of carbonyl (C=O) groups is 1. The number of piperidine rings is 1. The third-order valence-electron chi connectivity index (χ3n) is 5.30. The number of carbonyl (C=O) groups excluding carboxylic acids is 1. The first-order valence-corrected chi connectivity index (χ1v) is 12.5. The Balaban J connectivity index is 1.47. The summed E-state index contributed by atoms with van der Waals surface area (Å²) >= 11 is 1.78. The van der Waals surface area contributed by atoms with E-state index in [9.17, 15) is 13.2 Å². The summed E-state index contributed by atoms with van der Waals surface area (Å²) in [6, 6.07) is 12.7. The highest BCUT2D eigenvalue weighted by atomic mass is 32.2. The molecule has 1 fully saturated rings. The van der Waals surface area contributed by atoms with Crippen LogP contribution in [0.4, 0.5) is 0 Å². The maximum atomic E-state index is 12.6. The fraction of sp³-hybridized carbons (Fsp3) is 0.455.